The Balaban J connectivity index is 1.19. The van der Waals surface area contributed by atoms with E-state index in [1.807, 2.05) is 30.3 Å². The number of fused-ring (bicyclic) bond motifs is 1. The standard InChI is InChI=1S/C32H41NO7/c1-4-39-31(35)10-6-8-26(34)21-40-27-9-5-7-23(16-27)20-33-13-11-22(12-14-33)15-25-17-24-18-29(37-2)30(38-3)19-28(24)32(25)36/h5,7,9,16,18-19,22,25H,4,6,8,10-15,17,20-21H2,1-3H3. The van der Waals surface area contributed by atoms with Gasteiger partial charge in [0, 0.05) is 30.9 Å². The summed E-state index contributed by atoms with van der Waals surface area (Å²) in [4.78, 5) is 39.1. The van der Waals surface area contributed by atoms with Crippen LogP contribution >= 0.6 is 0 Å². The molecule has 4 rings (SSSR count). The molecule has 2 aromatic carbocycles. The number of carbonyl (C=O) groups excluding carboxylic acids is 3. The van der Waals surface area contributed by atoms with Crippen LogP contribution in [-0.4, -0.2) is 63.0 Å². The molecule has 1 fully saturated rings. The molecule has 1 unspecified atom stereocenters. The summed E-state index contributed by atoms with van der Waals surface area (Å²) in [6, 6.07) is 11.7. The number of rotatable bonds is 14. The molecule has 0 amide bonds. The molecular formula is C32H41NO7. The van der Waals surface area contributed by atoms with Crippen molar-refractivity contribution in [1.29, 1.82) is 0 Å². The van der Waals surface area contributed by atoms with E-state index < -0.39 is 0 Å². The molecule has 2 aliphatic rings. The van der Waals surface area contributed by atoms with E-state index in [9.17, 15) is 14.4 Å². The largest absolute Gasteiger partial charge is 0.493 e. The molecule has 0 N–H and O–H groups in total. The summed E-state index contributed by atoms with van der Waals surface area (Å²) >= 11 is 0. The summed E-state index contributed by atoms with van der Waals surface area (Å²) in [5, 5.41) is 0. The summed E-state index contributed by atoms with van der Waals surface area (Å²) in [7, 11) is 3.22. The van der Waals surface area contributed by atoms with Crippen LogP contribution in [0.1, 0.15) is 66.9 Å². The van der Waals surface area contributed by atoms with Crippen LogP contribution in [0, 0.1) is 11.8 Å². The van der Waals surface area contributed by atoms with Gasteiger partial charge >= 0.3 is 5.97 Å². The molecule has 8 heteroatoms. The van der Waals surface area contributed by atoms with Crippen LogP contribution in [0.3, 0.4) is 0 Å². The molecule has 1 aliphatic carbocycles. The van der Waals surface area contributed by atoms with Gasteiger partial charge in [-0.3, -0.25) is 19.3 Å². The van der Waals surface area contributed by atoms with Crippen LogP contribution in [0.4, 0.5) is 0 Å². The van der Waals surface area contributed by atoms with Gasteiger partial charge in [0.15, 0.2) is 23.1 Å². The molecule has 216 valence electrons. The highest BCUT2D eigenvalue weighted by molar-refractivity contribution is 6.02. The number of nitrogens with zero attached hydrogens (tertiary/aromatic N) is 1. The summed E-state index contributed by atoms with van der Waals surface area (Å²) in [6.07, 6.45) is 4.86. The van der Waals surface area contributed by atoms with Gasteiger partial charge in [-0.15, -0.1) is 0 Å². The predicted molar refractivity (Wildman–Crippen MR) is 151 cm³/mol. The summed E-state index contributed by atoms with van der Waals surface area (Å²) in [6.45, 7) is 4.93. The van der Waals surface area contributed by atoms with Crippen molar-refractivity contribution in [3.8, 4) is 17.2 Å². The Bertz CT molecular complexity index is 1190. The van der Waals surface area contributed by atoms with Gasteiger partial charge in [-0.1, -0.05) is 12.1 Å². The van der Waals surface area contributed by atoms with Crippen molar-refractivity contribution in [1.82, 2.24) is 4.90 Å². The first-order valence-electron chi connectivity index (χ1n) is 14.3. The average molecular weight is 552 g/mol. The molecule has 0 bridgehead atoms. The number of carbonyl (C=O) groups is 3. The highest BCUT2D eigenvalue weighted by Crippen LogP contribution is 2.39. The number of methoxy groups -OCH3 is 2. The zero-order valence-electron chi connectivity index (χ0n) is 23.9. The van der Waals surface area contributed by atoms with E-state index in [4.69, 9.17) is 18.9 Å². The van der Waals surface area contributed by atoms with Gasteiger partial charge < -0.3 is 18.9 Å². The minimum Gasteiger partial charge on any atom is -0.493 e. The molecule has 8 nitrogen and oxygen atoms in total. The van der Waals surface area contributed by atoms with Gasteiger partial charge in [0.05, 0.1) is 20.8 Å². The number of Topliss-reactive ketones (excluding diaryl/α,β-unsaturated/α-hetero) is 2. The molecule has 1 aliphatic heterocycles. The lowest BCUT2D eigenvalue weighted by Gasteiger charge is -2.33. The Kier molecular flexibility index (Phi) is 10.6. The number of piperidine rings is 1. The summed E-state index contributed by atoms with van der Waals surface area (Å²) < 4.78 is 21.4. The van der Waals surface area contributed by atoms with E-state index in [0.717, 1.165) is 62.0 Å². The van der Waals surface area contributed by atoms with Gasteiger partial charge in [0.25, 0.3) is 0 Å². The van der Waals surface area contributed by atoms with Crippen molar-refractivity contribution in [3.05, 3.63) is 53.1 Å². The lowest BCUT2D eigenvalue weighted by molar-refractivity contribution is -0.143. The third-order valence-electron chi connectivity index (χ3n) is 7.88. The smallest absolute Gasteiger partial charge is 0.305 e. The normalized spacial score (nSPS) is 17.4. The van der Waals surface area contributed by atoms with Crippen LogP contribution in [0.5, 0.6) is 17.2 Å². The molecule has 40 heavy (non-hydrogen) atoms. The van der Waals surface area contributed by atoms with E-state index in [-0.39, 0.29) is 36.5 Å². The SMILES string of the molecule is CCOC(=O)CCCC(=O)COc1cccc(CN2CCC(CC3Cc4cc(OC)c(OC)cc4C3=O)CC2)c1. The first-order valence-corrected chi connectivity index (χ1v) is 14.3. The number of esters is 1. The molecule has 0 spiro atoms. The maximum atomic E-state index is 13.1. The molecular weight excluding hydrogens is 510 g/mol. The average Bonchev–Trinajstić information content (AvgIpc) is 3.26. The molecule has 1 saturated heterocycles. The van der Waals surface area contributed by atoms with E-state index in [2.05, 4.69) is 11.0 Å². The fourth-order valence-corrected chi connectivity index (χ4v) is 5.76. The lowest BCUT2D eigenvalue weighted by atomic mass is 9.85. The van der Waals surface area contributed by atoms with Gasteiger partial charge in [-0.25, -0.2) is 0 Å². The zero-order valence-corrected chi connectivity index (χ0v) is 23.9. The Morgan fingerprint density at radius 3 is 2.48 bits per heavy atom. The maximum absolute atomic E-state index is 13.1. The Hall–Kier alpha value is -3.39. The second kappa shape index (κ2) is 14.3. The maximum Gasteiger partial charge on any atom is 0.305 e. The van der Waals surface area contributed by atoms with Crippen molar-refractivity contribution < 1.29 is 33.3 Å². The Morgan fingerprint density at radius 2 is 1.75 bits per heavy atom. The van der Waals surface area contributed by atoms with Crippen molar-refractivity contribution in [2.75, 3.05) is 40.5 Å². The van der Waals surface area contributed by atoms with Crippen LogP contribution < -0.4 is 14.2 Å². The van der Waals surface area contributed by atoms with Gasteiger partial charge in [-0.2, -0.15) is 0 Å². The Morgan fingerprint density at radius 1 is 1.00 bits per heavy atom. The molecule has 1 atom stereocenters. The van der Waals surface area contributed by atoms with Crippen LogP contribution in [0.25, 0.3) is 0 Å². The lowest BCUT2D eigenvalue weighted by Crippen LogP contribution is -2.34. The number of ether oxygens (including phenoxy) is 4. The van der Waals surface area contributed by atoms with Gasteiger partial charge in [0.1, 0.15) is 12.4 Å². The van der Waals surface area contributed by atoms with Gasteiger partial charge in [-0.05, 0) is 93.4 Å². The third-order valence-corrected chi connectivity index (χ3v) is 7.88. The number of hydrogen-bond acceptors (Lipinski definition) is 8. The predicted octanol–water partition coefficient (Wildman–Crippen LogP) is 5.04. The number of hydrogen-bond donors (Lipinski definition) is 0. The number of ketones is 2. The number of benzene rings is 2. The van der Waals surface area contributed by atoms with E-state index in [1.165, 1.54) is 0 Å². The highest BCUT2D eigenvalue weighted by atomic mass is 16.5. The molecule has 2 aromatic rings. The molecule has 0 aromatic heterocycles. The van der Waals surface area contributed by atoms with Crippen molar-refractivity contribution in [2.45, 2.75) is 58.4 Å². The highest BCUT2D eigenvalue weighted by Gasteiger charge is 2.34. The first-order chi connectivity index (χ1) is 19.4. The number of likely N-dealkylation sites (tertiary alicyclic amines) is 1. The Labute approximate surface area is 236 Å². The van der Waals surface area contributed by atoms with E-state index in [1.54, 1.807) is 21.1 Å². The van der Waals surface area contributed by atoms with Crippen LogP contribution in [0.15, 0.2) is 36.4 Å². The zero-order chi connectivity index (χ0) is 28.5. The quantitative estimate of drug-likeness (QED) is 0.302. The van der Waals surface area contributed by atoms with Crippen molar-refractivity contribution >= 4 is 17.5 Å². The summed E-state index contributed by atoms with van der Waals surface area (Å²) in [5.41, 5.74) is 2.99. The fraction of sp³-hybridized carbons (Fsp3) is 0.531. The summed E-state index contributed by atoms with van der Waals surface area (Å²) in [5.74, 6) is 2.46. The molecule has 0 saturated carbocycles. The molecule has 0 radical (unpaired) electrons. The minimum atomic E-state index is -0.271. The monoisotopic (exact) mass is 551 g/mol. The first kappa shape index (κ1) is 29.6. The van der Waals surface area contributed by atoms with Crippen molar-refractivity contribution in [3.63, 3.8) is 0 Å². The molecule has 1 heterocycles. The van der Waals surface area contributed by atoms with Crippen LogP contribution in [0.2, 0.25) is 0 Å². The van der Waals surface area contributed by atoms with Crippen molar-refractivity contribution in [2.24, 2.45) is 11.8 Å². The fourth-order valence-electron chi connectivity index (χ4n) is 5.76. The van der Waals surface area contributed by atoms with E-state index >= 15 is 0 Å². The second-order valence-corrected chi connectivity index (χ2v) is 10.7. The van der Waals surface area contributed by atoms with Gasteiger partial charge in [0.2, 0.25) is 0 Å². The minimum absolute atomic E-state index is 0.000983. The second-order valence-electron chi connectivity index (χ2n) is 10.7. The topological polar surface area (TPSA) is 91.4 Å². The van der Waals surface area contributed by atoms with E-state index in [0.29, 0.717) is 42.6 Å². The third kappa shape index (κ3) is 7.84. The van der Waals surface area contributed by atoms with Crippen LogP contribution in [-0.2, 0) is 27.3 Å².